The van der Waals surface area contributed by atoms with Crippen molar-refractivity contribution in [2.24, 2.45) is 7.05 Å². The van der Waals surface area contributed by atoms with E-state index in [4.69, 9.17) is 9.47 Å². The van der Waals surface area contributed by atoms with E-state index in [-0.39, 0.29) is 19.2 Å². The molecule has 0 bridgehead atoms. The summed E-state index contributed by atoms with van der Waals surface area (Å²) in [6.45, 7) is 0.406. The van der Waals surface area contributed by atoms with Crippen molar-refractivity contribution in [3.05, 3.63) is 71.4 Å². The van der Waals surface area contributed by atoms with Crippen LogP contribution in [0.2, 0.25) is 0 Å². The molecule has 0 aliphatic carbocycles. The second-order valence-corrected chi connectivity index (χ2v) is 7.51. The topological polar surface area (TPSA) is 78.3 Å². The van der Waals surface area contributed by atoms with Crippen molar-refractivity contribution in [3.63, 3.8) is 0 Å². The molecule has 10 heteroatoms. The minimum atomic E-state index is -4.43. The number of pyridine rings is 1. The number of nitrogens with one attached hydrogen (secondary N) is 1. The van der Waals surface area contributed by atoms with Gasteiger partial charge in [-0.3, -0.25) is 9.48 Å². The third-order valence-corrected chi connectivity index (χ3v) is 5.35. The molecule has 168 valence electrons. The quantitative estimate of drug-likeness (QED) is 0.497. The van der Waals surface area contributed by atoms with Crippen LogP contribution in [-0.4, -0.2) is 27.5 Å². The number of carbonyl (C=O) groups is 1. The first-order valence-corrected chi connectivity index (χ1v) is 9.97. The van der Waals surface area contributed by atoms with E-state index >= 15 is 0 Å². The largest absolute Gasteiger partial charge is 0.454 e. The van der Waals surface area contributed by atoms with Crippen molar-refractivity contribution in [3.8, 4) is 22.8 Å². The molecule has 0 spiro atoms. The first-order chi connectivity index (χ1) is 15.8. The number of amides is 1. The van der Waals surface area contributed by atoms with Crippen LogP contribution in [0.15, 0.2) is 54.7 Å². The van der Waals surface area contributed by atoms with Gasteiger partial charge in [0.25, 0.3) is 5.91 Å². The Bertz CT molecular complexity index is 1360. The van der Waals surface area contributed by atoms with Crippen LogP contribution in [0.1, 0.15) is 21.5 Å². The highest BCUT2D eigenvalue weighted by atomic mass is 19.4. The molecule has 0 atom stereocenters. The number of hydrogen-bond acceptors (Lipinski definition) is 5. The standard InChI is InChI=1S/C23H17F3N4O3/c1-30-21-17(11-28-30)16(9-18(29-21)14-3-5-15(6-4-14)23(24,25)26)22(31)27-10-13-2-7-19-20(8-13)33-12-32-19/h2-9,11H,10,12H2,1H3,(H,27,31). The molecule has 4 aromatic rings. The maximum absolute atomic E-state index is 13.1. The molecular weight excluding hydrogens is 437 g/mol. The number of carbonyl (C=O) groups excluding carboxylic acids is 1. The van der Waals surface area contributed by atoms with E-state index in [1.807, 2.05) is 6.07 Å². The lowest BCUT2D eigenvalue weighted by atomic mass is 10.0. The molecule has 0 fully saturated rings. The summed E-state index contributed by atoms with van der Waals surface area (Å²) in [7, 11) is 1.68. The molecule has 1 N–H and O–H groups in total. The number of halogens is 3. The Balaban J connectivity index is 1.45. The molecule has 2 aromatic heterocycles. The molecule has 1 aliphatic heterocycles. The van der Waals surface area contributed by atoms with Crippen molar-refractivity contribution in [2.75, 3.05) is 6.79 Å². The Morgan fingerprint density at radius 2 is 1.85 bits per heavy atom. The molecule has 3 heterocycles. The molecule has 2 aromatic carbocycles. The summed E-state index contributed by atoms with van der Waals surface area (Å²) in [6.07, 6.45) is -2.90. The van der Waals surface area contributed by atoms with E-state index in [0.717, 1.165) is 17.7 Å². The third kappa shape index (κ3) is 3.95. The fourth-order valence-electron chi connectivity index (χ4n) is 3.61. The molecule has 5 rings (SSSR count). The van der Waals surface area contributed by atoms with Crippen molar-refractivity contribution >= 4 is 16.9 Å². The minimum absolute atomic E-state index is 0.161. The second kappa shape index (κ2) is 7.80. The van der Waals surface area contributed by atoms with Gasteiger partial charge < -0.3 is 14.8 Å². The lowest BCUT2D eigenvalue weighted by Crippen LogP contribution is -2.23. The summed E-state index contributed by atoms with van der Waals surface area (Å²) >= 11 is 0. The summed E-state index contributed by atoms with van der Waals surface area (Å²) in [5, 5.41) is 7.58. The van der Waals surface area contributed by atoms with Gasteiger partial charge in [0.05, 0.1) is 28.4 Å². The number of nitrogens with zero attached hydrogens (tertiary/aromatic N) is 3. The first kappa shape index (κ1) is 20.8. The average molecular weight is 454 g/mol. The van der Waals surface area contributed by atoms with Crippen molar-refractivity contribution in [1.29, 1.82) is 0 Å². The van der Waals surface area contributed by atoms with Crippen LogP contribution in [0, 0.1) is 0 Å². The molecule has 0 radical (unpaired) electrons. The van der Waals surface area contributed by atoms with Gasteiger partial charge in [0.2, 0.25) is 6.79 Å². The number of aryl methyl sites for hydroxylation is 1. The van der Waals surface area contributed by atoms with E-state index in [0.29, 0.717) is 39.4 Å². The fraction of sp³-hybridized carbons (Fsp3) is 0.174. The number of hydrogen-bond donors (Lipinski definition) is 1. The highest BCUT2D eigenvalue weighted by molar-refractivity contribution is 6.06. The number of aromatic nitrogens is 3. The Morgan fingerprint density at radius 3 is 2.61 bits per heavy atom. The lowest BCUT2D eigenvalue weighted by molar-refractivity contribution is -0.137. The zero-order chi connectivity index (χ0) is 23.2. The van der Waals surface area contributed by atoms with Gasteiger partial charge in [-0.05, 0) is 35.9 Å². The normalized spacial score (nSPS) is 12.8. The maximum atomic E-state index is 13.1. The van der Waals surface area contributed by atoms with E-state index in [9.17, 15) is 18.0 Å². The smallest absolute Gasteiger partial charge is 0.416 e. The number of alkyl halides is 3. The number of benzene rings is 2. The zero-order valence-corrected chi connectivity index (χ0v) is 17.3. The second-order valence-electron chi connectivity index (χ2n) is 7.51. The van der Waals surface area contributed by atoms with E-state index in [1.54, 1.807) is 25.2 Å². The Kier molecular flexibility index (Phi) is 4.92. The first-order valence-electron chi connectivity index (χ1n) is 9.97. The maximum Gasteiger partial charge on any atom is 0.416 e. The van der Waals surface area contributed by atoms with Crippen LogP contribution in [0.4, 0.5) is 13.2 Å². The predicted octanol–water partition coefficient (Wildman–Crippen LogP) is 4.31. The number of rotatable bonds is 4. The van der Waals surface area contributed by atoms with Gasteiger partial charge in [-0.1, -0.05) is 18.2 Å². The highest BCUT2D eigenvalue weighted by Crippen LogP contribution is 2.33. The van der Waals surface area contributed by atoms with Gasteiger partial charge in [-0.2, -0.15) is 18.3 Å². The lowest BCUT2D eigenvalue weighted by Gasteiger charge is -2.11. The van der Waals surface area contributed by atoms with Crippen LogP contribution in [-0.2, 0) is 19.8 Å². The van der Waals surface area contributed by atoms with Crippen LogP contribution >= 0.6 is 0 Å². The molecule has 0 unspecified atom stereocenters. The van der Waals surface area contributed by atoms with Crippen molar-refractivity contribution in [2.45, 2.75) is 12.7 Å². The molecule has 0 saturated carbocycles. The molecule has 0 saturated heterocycles. The van der Waals surface area contributed by atoms with Crippen LogP contribution in [0.5, 0.6) is 11.5 Å². The highest BCUT2D eigenvalue weighted by Gasteiger charge is 2.30. The Hall–Kier alpha value is -4.08. The third-order valence-electron chi connectivity index (χ3n) is 5.35. The summed E-state index contributed by atoms with van der Waals surface area (Å²) in [4.78, 5) is 17.6. The Morgan fingerprint density at radius 1 is 1.09 bits per heavy atom. The van der Waals surface area contributed by atoms with E-state index in [1.165, 1.54) is 23.0 Å². The summed E-state index contributed by atoms with van der Waals surface area (Å²) in [6, 6.07) is 11.6. The van der Waals surface area contributed by atoms with Gasteiger partial charge in [-0.15, -0.1) is 0 Å². The van der Waals surface area contributed by atoms with Crippen LogP contribution in [0.25, 0.3) is 22.3 Å². The van der Waals surface area contributed by atoms with Crippen molar-refractivity contribution < 1.29 is 27.4 Å². The Labute approximate surface area is 185 Å². The molecular formula is C23H17F3N4O3. The van der Waals surface area contributed by atoms with Gasteiger partial charge in [0, 0.05) is 19.2 Å². The molecule has 33 heavy (non-hydrogen) atoms. The van der Waals surface area contributed by atoms with Crippen LogP contribution < -0.4 is 14.8 Å². The van der Waals surface area contributed by atoms with Crippen LogP contribution in [0.3, 0.4) is 0 Å². The average Bonchev–Trinajstić information content (AvgIpc) is 3.42. The number of ether oxygens (including phenoxy) is 2. The van der Waals surface area contributed by atoms with Gasteiger partial charge in [0.15, 0.2) is 17.1 Å². The minimum Gasteiger partial charge on any atom is -0.454 e. The van der Waals surface area contributed by atoms with Gasteiger partial charge in [-0.25, -0.2) is 4.98 Å². The van der Waals surface area contributed by atoms with E-state index < -0.39 is 11.7 Å². The molecule has 7 nitrogen and oxygen atoms in total. The molecule has 1 aliphatic rings. The summed E-state index contributed by atoms with van der Waals surface area (Å²) in [5.74, 6) is 0.906. The number of fused-ring (bicyclic) bond motifs is 2. The molecule has 1 amide bonds. The van der Waals surface area contributed by atoms with Crippen molar-refractivity contribution in [1.82, 2.24) is 20.1 Å². The van der Waals surface area contributed by atoms with Gasteiger partial charge in [0.1, 0.15) is 0 Å². The fourth-order valence-corrected chi connectivity index (χ4v) is 3.61. The predicted molar refractivity (Wildman–Crippen MR) is 113 cm³/mol. The summed E-state index contributed by atoms with van der Waals surface area (Å²) in [5.41, 5.74) is 1.66. The monoisotopic (exact) mass is 454 g/mol. The zero-order valence-electron chi connectivity index (χ0n) is 17.3. The summed E-state index contributed by atoms with van der Waals surface area (Å²) < 4.78 is 50.9. The van der Waals surface area contributed by atoms with Gasteiger partial charge >= 0.3 is 6.18 Å². The SMILES string of the molecule is Cn1ncc2c(C(=O)NCc3ccc4c(c3)OCO4)cc(-c3ccc(C(F)(F)F)cc3)nc21. The van der Waals surface area contributed by atoms with E-state index in [2.05, 4.69) is 15.4 Å².